The third kappa shape index (κ3) is 2.93. The van der Waals surface area contributed by atoms with Crippen molar-refractivity contribution in [1.29, 1.82) is 5.41 Å². The van der Waals surface area contributed by atoms with E-state index in [1.54, 1.807) is 6.07 Å². The summed E-state index contributed by atoms with van der Waals surface area (Å²) in [5.74, 6) is 1.28. The van der Waals surface area contributed by atoms with Gasteiger partial charge in [-0.15, -0.1) is 5.10 Å². The summed E-state index contributed by atoms with van der Waals surface area (Å²) < 4.78 is 5.83. The monoisotopic (exact) mass is 270 g/mol. The van der Waals surface area contributed by atoms with Gasteiger partial charge in [-0.3, -0.25) is 5.41 Å². The number of hydrogen-bond acceptors (Lipinski definition) is 4. The van der Waals surface area contributed by atoms with E-state index in [1.165, 1.54) is 6.20 Å². The summed E-state index contributed by atoms with van der Waals surface area (Å²) in [7, 11) is 0. The predicted molar refractivity (Wildman–Crippen MR) is 78.3 cm³/mol. The van der Waals surface area contributed by atoms with E-state index >= 15 is 0 Å². The molecule has 0 saturated heterocycles. The molecule has 0 fully saturated rings. The highest BCUT2D eigenvalue weighted by atomic mass is 16.5. The summed E-state index contributed by atoms with van der Waals surface area (Å²) in [6, 6.07) is 9.44. The first kappa shape index (κ1) is 14.0. The van der Waals surface area contributed by atoms with Gasteiger partial charge in [0.2, 0.25) is 5.88 Å². The molecule has 104 valence electrons. The summed E-state index contributed by atoms with van der Waals surface area (Å²) in [5.41, 5.74) is 7.08. The van der Waals surface area contributed by atoms with E-state index in [0.717, 1.165) is 17.7 Å². The highest BCUT2D eigenvalue weighted by molar-refractivity contribution is 5.96. The lowest BCUT2D eigenvalue weighted by Gasteiger charge is -2.15. The summed E-state index contributed by atoms with van der Waals surface area (Å²) in [4.78, 5) is 0. The molecule has 0 amide bonds. The van der Waals surface area contributed by atoms with Crippen molar-refractivity contribution in [3.8, 4) is 11.6 Å². The lowest BCUT2D eigenvalue weighted by atomic mass is 9.98. The van der Waals surface area contributed by atoms with Crippen LogP contribution < -0.4 is 10.5 Å². The Balaban J connectivity index is 2.38. The van der Waals surface area contributed by atoms with Crippen molar-refractivity contribution in [1.82, 2.24) is 10.2 Å². The van der Waals surface area contributed by atoms with E-state index in [4.69, 9.17) is 15.9 Å². The van der Waals surface area contributed by atoms with E-state index in [2.05, 4.69) is 24.0 Å². The van der Waals surface area contributed by atoms with Crippen LogP contribution in [0.25, 0.3) is 0 Å². The van der Waals surface area contributed by atoms with Crippen molar-refractivity contribution in [2.24, 2.45) is 5.73 Å². The lowest BCUT2D eigenvalue weighted by Crippen LogP contribution is -2.13. The molecule has 1 aromatic carbocycles. The van der Waals surface area contributed by atoms with Crippen molar-refractivity contribution in [2.75, 3.05) is 0 Å². The molecule has 0 saturated carbocycles. The Kier molecular flexibility index (Phi) is 4.30. The molecule has 0 radical (unpaired) electrons. The fraction of sp³-hybridized carbons (Fsp3) is 0.267. The molecule has 1 heterocycles. The zero-order chi connectivity index (χ0) is 14.5. The standard InChI is InChI=1S/C15H18N4O/c1-3-10(2)11-6-4-5-7-13(11)20-15-12(14(16)17)8-9-18-19-15/h4-10H,3H2,1-2H3,(H3,16,17). The SMILES string of the molecule is CCC(C)c1ccccc1Oc1nnccc1C(=N)N. The molecular weight excluding hydrogens is 252 g/mol. The van der Waals surface area contributed by atoms with Crippen molar-refractivity contribution < 1.29 is 4.74 Å². The Morgan fingerprint density at radius 2 is 2.10 bits per heavy atom. The molecule has 0 spiro atoms. The third-order valence-corrected chi connectivity index (χ3v) is 3.25. The Labute approximate surface area is 118 Å². The second-order valence-electron chi connectivity index (χ2n) is 4.61. The van der Waals surface area contributed by atoms with Gasteiger partial charge in [0, 0.05) is 0 Å². The first-order valence-electron chi connectivity index (χ1n) is 6.56. The Morgan fingerprint density at radius 3 is 2.80 bits per heavy atom. The molecule has 0 bridgehead atoms. The molecule has 5 nitrogen and oxygen atoms in total. The first-order valence-corrected chi connectivity index (χ1v) is 6.56. The number of nitrogens with two attached hydrogens (primary N) is 1. The van der Waals surface area contributed by atoms with Crippen LogP contribution in [0.2, 0.25) is 0 Å². The molecule has 20 heavy (non-hydrogen) atoms. The number of nitrogens with zero attached hydrogens (tertiary/aromatic N) is 2. The quantitative estimate of drug-likeness (QED) is 0.646. The van der Waals surface area contributed by atoms with Gasteiger partial charge in [0.05, 0.1) is 11.8 Å². The minimum Gasteiger partial charge on any atom is -0.437 e. The molecule has 2 rings (SSSR count). The summed E-state index contributed by atoms with van der Waals surface area (Å²) in [5, 5.41) is 15.3. The number of aromatic nitrogens is 2. The van der Waals surface area contributed by atoms with Crippen LogP contribution in [0.4, 0.5) is 0 Å². The largest absolute Gasteiger partial charge is 0.437 e. The molecule has 1 unspecified atom stereocenters. The van der Waals surface area contributed by atoms with E-state index in [1.807, 2.05) is 24.3 Å². The van der Waals surface area contributed by atoms with E-state index < -0.39 is 0 Å². The minimum absolute atomic E-state index is 0.0871. The first-order chi connectivity index (χ1) is 9.63. The van der Waals surface area contributed by atoms with E-state index in [0.29, 0.717) is 11.5 Å². The van der Waals surface area contributed by atoms with Crippen LogP contribution in [0, 0.1) is 5.41 Å². The number of nitrogens with one attached hydrogen (secondary N) is 1. The molecular formula is C15H18N4O. The second-order valence-corrected chi connectivity index (χ2v) is 4.61. The van der Waals surface area contributed by atoms with Gasteiger partial charge in [-0.1, -0.05) is 32.0 Å². The molecule has 0 aliphatic heterocycles. The zero-order valence-corrected chi connectivity index (χ0v) is 11.6. The summed E-state index contributed by atoms with van der Waals surface area (Å²) >= 11 is 0. The predicted octanol–water partition coefficient (Wildman–Crippen LogP) is 3.07. The Morgan fingerprint density at radius 1 is 1.35 bits per heavy atom. The number of rotatable bonds is 5. The van der Waals surface area contributed by atoms with Crippen molar-refractivity contribution in [2.45, 2.75) is 26.2 Å². The zero-order valence-electron chi connectivity index (χ0n) is 11.6. The minimum atomic E-state index is -0.0871. The van der Waals surface area contributed by atoms with Gasteiger partial charge in [-0.2, -0.15) is 5.10 Å². The molecule has 1 atom stereocenters. The molecule has 0 aliphatic rings. The van der Waals surface area contributed by atoms with Crippen LogP contribution >= 0.6 is 0 Å². The van der Waals surface area contributed by atoms with Crippen LogP contribution in [0.15, 0.2) is 36.5 Å². The van der Waals surface area contributed by atoms with Crippen LogP contribution in [0.5, 0.6) is 11.6 Å². The van der Waals surface area contributed by atoms with Gasteiger partial charge in [0.15, 0.2) is 0 Å². The van der Waals surface area contributed by atoms with Gasteiger partial charge in [0.25, 0.3) is 0 Å². The summed E-state index contributed by atoms with van der Waals surface area (Å²) in [6.45, 7) is 4.27. The fourth-order valence-electron chi connectivity index (χ4n) is 1.90. The number of para-hydroxylation sites is 1. The van der Waals surface area contributed by atoms with Crippen molar-refractivity contribution >= 4 is 5.84 Å². The number of ether oxygens (including phenoxy) is 1. The molecule has 5 heteroatoms. The fourth-order valence-corrected chi connectivity index (χ4v) is 1.90. The van der Waals surface area contributed by atoms with Gasteiger partial charge >= 0.3 is 0 Å². The maximum Gasteiger partial charge on any atom is 0.249 e. The molecule has 1 aromatic heterocycles. The molecule has 0 aliphatic carbocycles. The Bertz CT molecular complexity index is 612. The van der Waals surface area contributed by atoms with Crippen molar-refractivity contribution in [3.63, 3.8) is 0 Å². The van der Waals surface area contributed by atoms with Gasteiger partial charge in [0.1, 0.15) is 11.6 Å². The Hall–Kier alpha value is -2.43. The van der Waals surface area contributed by atoms with Crippen LogP contribution in [0.3, 0.4) is 0 Å². The highest BCUT2D eigenvalue weighted by Gasteiger charge is 2.14. The topological polar surface area (TPSA) is 84.9 Å². The average Bonchev–Trinajstić information content (AvgIpc) is 2.47. The van der Waals surface area contributed by atoms with Gasteiger partial charge in [-0.25, -0.2) is 0 Å². The number of amidine groups is 1. The smallest absolute Gasteiger partial charge is 0.249 e. The van der Waals surface area contributed by atoms with Crippen LogP contribution in [-0.2, 0) is 0 Å². The number of benzene rings is 1. The van der Waals surface area contributed by atoms with E-state index in [-0.39, 0.29) is 11.7 Å². The van der Waals surface area contributed by atoms with Gasteiger partial charge in [-0.05, 0) is 30.0 Å². The molecule has 3 N–H and O–H groups in total. The third-order valence-electron chi connectivity index (χ3n) is 3.25. The number of nitrogen functional groups attached to an aromatic ring is 1. The van der Waals surface area contributed by atoms with Crippen LogP contribution in [-0.4, -0.2) is 16.0 Å². The average molecular weight is 270 g/mol. The van der Waals surface area contributed by atoms with Crippen molar-refractivity contribution in [3.05, 3.63) is 47.7 Å². The second kappa shape index (κ2) is 6.14. The summed E-state index contributed by atoms with van der Waals surface area (Å²) in [6.07, 6.45) is 2.50. The van der Waals surface area contributed by atoms with Crippen LogP contribution in [0.1, 0.15) is 37.3 Å². The molecule has 2 aromatic rings. The lowest BCUT2D eigenvalue weighted by molar-refractivity contribution is 0.444. The highest BCUT2D eigenvalue weighted by Crippen LogP contribution is 2.32. The normalized spacial score (nSPS) is 11.9. The maximum absolute atomic E-state index is 7.55. The van der Waals surface area contributed by atoms with E-state index in [9.17, 15) is 0 Å². The number of hydrogen-bond donors (Lipinski definition) is 2. The maximum atomic E-state index is 7.55. The van der Waals surface area contributed by atoms with Gasteiger partial charge < -0.3 is 10.5 Å².